The van der Waals surface area contributed by atoms with E-state index in [1.807, 2.05) is 5.38 Å². The van der Waals surface area contributed by atoms with Crippen LogP contribution in [0.3, 0.4) is 0 Å². The molecule has 3 nitrogen and oxygen atoms in total. The van der Waals surface area contributed by atoms with Gasteiger partial charge in [0, 0.05) is 15.8 Å². The van der Waals surface area contributed by atoms with Crippen LogP contribution in [0.1, 0.15) is 5.56 Å². The maximum Gasteiger partial charge on any atom is 0.102 e. The SMILES string of the molecule is N#Cc1cscc1Nc1ccc(Cl)cc1N. The molecule has 5 heteroatoms. The average Bonchev–Trinajstić information content (AvgIpc) is 2.69. The standard InChI is InChI=1S/C11H8ClN3S/c12-8-1-2-10(9(14)3-8)15-11-6-16-5-7(11)4-13/h1-3,5-6,15H,14H2. The van der Waals surface area contributed by atoms with Crippen molar-refractivity contribution in [2.75, 3.05) is 11.1 Å². The summed E-state index contributed by atoms with van der Waals surface area (Å²) >= 11 is 7.27. The Kier molecular flexibility index (Phi) is 3.00. The molecular formula is C11H8ClN3S. The summed E-state index contributed by atoms with van der Waals surface area (Å²) in [5.74, 6) is 0. The number of rotatable bonds is 2. The summed E-state index contributed by atoms with van der Waals surface area (Å²) in [6.07, 6.45) is 0. The van der Waals surface area contributed by atoms with Gasteiger partial charge in [0.05, 0.1) is 22.6 Å². The Morgan fingerprint density at radius 2 is 2.12 bits per heavy atom. The first kappa shape index (κ1) is 10.8. The molecule has 0 aliphatic rings. The van der Waals surface area contributed by atoms with Crippen LogP contribution in [0.15, 0.2) is 29.0 Å². The average molecular weight is 250 g/mol. The number of benzene rings is 1. The second kappa shape index (κ2) is 4.44. The first-order chi connectivity index (χ1) is 7.70. The maximum absolute atomic E-state index is 8.86. The molecule has 0 saturated carbocycles. The highest BCUT2D eigenvalue weighted by molar-refractivity contribution is 7.08. The largest absolute Gasteiger partial charge is 0.397 e. The number of nitriles is 1. The Morgan fingerprint density at radius 3 is 2.81 bits per heavy atom. The number of hydrogen-bond donors (Lipinski definition) is 2. The van der Waals surface area contributed by atoms with Gasteiger partial charge in [-0.1, -0.05) is 11.6 Å². The van der Waals surface area contributed by atoms with Gasteiger partial charge in [0.1, 0.15) is 6.07 Å². The monoisotopic (exact) mass is 249 g/mol. The minimum Gasteiger partial charge on any atom is -0.397 e. The van der Waals surface area contributed by atoms with Gasteiger partial charge in [0.15, 0.2) is 0 Å². The molecule has 0 bridgehead atoms. The van der Waals surface area contributed by atoms with Crippen LogP contribution in [-0.4, -0.2) is 0 Å². The van der Waals surface area contributed by atoms with Gasteiger partial charge < -0.3 is 11.1 Å². The second-order valence-electron chi connectivity index (χ2n) is 3.17. The van der Waals surface area contributed by atoms with E-state index in [0.29, 0.717) is 16.3 Å². The first-order valence-corrected chi connectivity index (χ1v) is 5.81. The Labute approximate surface area is 102 Å². The third kappa shape index (κ3) is 2.11. The van der Waals surface area contributed by atoms with Gasteiger partial charge in [0.2, 0.25) is 0 Å². The van der Waals surface area contributed by atoms with E-state index >= 15 is 0 Å². The lowest BCUT2D eigenvalue weighted by atomic mass is 10.2. The molecule has 3 N–H and O–H groups in total. The van der Waals surface area contributed by atoms with Gasteiger partial charge in [-0.3, -0.25) is 0 Å². The van der Waals surface area contributed by atoms with Crippen molar-refractivity contribution < 1.29 is 0 Å². The smallest absolute Gasteiger partial charge is 0.102 e. The van der Waals surface area contributed by atoms with Crippen LogP contribution in [-0.2, 0) is 0 Å². The Bertz CT molecular complexity index is 557. The van der Waals surface area contributed by atoms with Gasteiger partial charge in [-0.05, 0) is 18.2 Å². The number of nitrogen functional groups attached to an aromatic ring is 1. The highest BCUT2D eigenvalue weighted by Gasteiger charge is 2.05. The molecule has 0 unspecified atom stereocenters. The van der Waals surface area contributed by atoms with Crippen molar-refractivity contribution >= 4 is 40.0 Å². The van der Waals surface area contributed by atoms with Crippen LogP contribution in [0.25, 0.3) is 0 Å². The van der Waals surface area contributed by atoms with E-state index in [1.165, 1.54) is 11.3 Å². The summed E-state index contributed by atoms with van der Waals surface area (Å²) in [6, 6.07) is 7.31. The summed E-state index contributed by atoms with van der Waals surface area (Å²) in [5, 5.41) is 16.2. The van der Waals surface area contributed by atoms with E-state index in [2.05, 4.69) is 11.4 Å². The number of hydrogen-bond acceptors (Lipinski definition) is 4. The topological polar surface area (TPSA) is 61.8 Å². The minimum absolute atomic E-state index is 0.558. The zero-order valence-corrected chi connectivity index (χ0v) is 9.77. The molecule has 0 atom stereocenters. The minimum atomic E-state index is 0.558. The highest BCUT2D eigenvalue weighted by atomic mass is 35.5. The quantitative estimate of drug-likeness (QED) is 0.800. The molecule has 0 aliphatic carbocycles. The normalized spacial score (nSPS) is 9.75. The van der Waals surface area contributed by atoms with Crippen LogP contribution < -0.4 is 11.1 Å². The van der Waals surface area contributed by atoms with Crippen molar-refractivity contribution in [2.24, 2.45) is 0 Å². The van der Waals surface area contributed by atoms with E-state index in [-0.39, 0.29) is 0 Å². The molecule has 0 spiro atoms. The Morgan fingerprint density at radius 1 is 1.31 bits per heavy atom. The molecule has 0 fully saturated rings. The van der Waals surface area contributed by atoms with E-state index < -0.39 is 0 Å². The summed E-state index contributed by atoms with van der Waals surface area (Å²) in [5.41, 5.74) is 8.49. The third-order valence-corrected chi connectivity index (χ3v) is 3.04. The van der Waals surface area contributed by atoms with Gasteiger partial charge in [-0.15, -0.1) is 11.3 Å². The number of halogens is 1. The zero-order chi connectivity index (χ0) is 11.5. The predicted octanol–water partition coefficient (Wildman–Crippen LogP) is 3.60. The highest BCUT2D eigenvalue weighted by Crippen LogP contribution is 2.29. The number of thiophene rings is 1. The van der Waals surface area contributed by atoms with Crippen LogP contribution in [0.5, 0.6) is 0 Å². The van der Waals surface area contributed by atoms with Crippen molar-refractivity contribution in [2.45, 2.75) is 0 Å². The molecule has 0 amide bonds. The molecule has 2 aromatic rings. The van der Waals surface area contributed by atoms with Gasteiger partial charge >= 0.3 is 0 Å². The molecule has 1 heterocycles. The molecule has 0 radical (unpaired) electrons. The molecule has 1 aromatic carbocycles. The third-order valence-electron chi connectivity index (χ3n) is 2.07. The fourth-order valence-electron chi connectivity index (χ4n) is 1.27. The molecule has 0 saturated heterocycles. The molecule has 2 rings (SSSR count). The van der Waals surface area contributed by atoms with E-state index in [9.17, 15) is 0 Å². The van der Waals surface area contributed by atoms with Crippen molar-refractivity contribution in [1.82, 2.24) is 0 Å². The Balaban J connectivity index is 2.31. The second-order valence-corrected chi connectivity index (χ2v) is 4.35. The molecule has 1 aromatic heterocycles. The van der Waals surface area contributed by atoms with Gasteiger partial charge in [-0.2, -0.15) is 5.26 Å². The van der Waals surface area contributed by atoms with Crippen LogP contribution in [0.2, 0.25) is 5.02 Å². The van der Waals surface area contributed by atoms with Gasteiger partial charge in [0.25, 0.3) is 0 Å². The lowest BCUT2D eigenvalue weighted by Gasteiger charge is -2.08. The number of anilines is 3. The van der Waals surface area contributed by atoms with Gasteiger partial charge in [-0.25, -0.2) is 0 Å². The number of nitrogens with two attached hydrogens (primary N) is 1. The zero-order valence-electron chi connectivity index (χ0n) is 8.20. The van der Waals surface area contributed by atoms with E-state index in [0.717, 1.165) is 11.4 Å². The lowest BCUT2D eigenvalue weighted by Crippen LogP contribution is -1.96. The van der Waals surface area contributed by atoms with E-state index in [4.69, 9.17) is 22.6 Å². The maximum atomic E-state index is 8.86. The van der Waals surface area contributed by atoms with Crippen LogP contribution in [0, 0.1) is 11.3 Å². The van der Waals surface area contributed by atoms with Crippen LogP contribution in [0.4, 0.5) is 17.1 Å². The number of nitrogens with zero attached hydrogens (tertiary/aromatic N) is 1. The molecule has 80 valence electrons. The van der Waals surface area contributed by atoms with E-state index in [1.54, 1.807) is 23.6 Å². The van der Waals surface area contributed by atoms with Crippen molar-refractivity contribution in [3.05, 3.63) is 39.5 Å². The lowest BCUT2D eigenvalue weighted by molar-refractivity contribution is 1.49. The first-order valence-electron chi connectivity index (χ1n) is 4.49. The number of nitrogens with one attached hydrogen (secondary N) is 1. The molecule has 0 aliphatic heterocycles. The van der Waals surface area contributed by atoms with Crippen molar-refractivity contribution in [3.8, 4) is 6.07 Å². The summed E-state index contributed by atoms with van der Waals surface area (Å²) in [4.78, 5) is 0. The summed E-state index contributed by atoms with van der Waals surface area (Å²) < 4.78 is 0. The predicted molar refractivity (Wildman–Crippen MR) is 68.2 cm³/mol. The molecule has 16 heavy (non-hydrogen) atoms. The molecular weight excluding hydrogens is 242 g/mol. The Hall–Kier alpha value is -1.70. The summed E-state index contributed by atoms with van der Waals surface area (Å²) in [7, 11) is 0. The fourth-order valence-corrected chi connectivity index (χ4v) is 2.16. The fraction of sp³-hybridized carbons (Fsp3) is 0. The van der Waals surface area contributed by atoms with Crippen LogP contribution >= 0.6 is 22.9 Å². The summed E-state index contributed by atoms with van der Waals surface area (Å²) in [6.45, 7) is 0. The van der Waals surface area contributed by atoms with Crippen molar-refractivity contribution in [1.29, 1.82) is 5.26 Å². The van der Waals surface area contributed by atoms with Crippen molar-refractivity contribution in [3.63, 3.8) is 0 Å².